The van der Waals surface area contributed by atoms with E-state index in [1.165, 1.54) is 6.07 Å². The topological polar surface area (TPSA) is 79.0 Å². The Bertz CT molecular complexity index is 1760. The van der Waals surface area contributed by atoms with Gasteiger partial charge in [-0.2, -0.15) is 0 Å². The lowest BCUT2D eigenvalue weighted by molar-refractivity contribution is -0.131. The van der Waals surface area contributed by atoms with Gasteiger partial charge in [-0.05, 0) is 73.3 Å². The summed E-state index contributed by atoms with van der Waals surface area (Å²) >= 11 is 0. The van der Waals surface area contributed by atoms with E-state index in [4.69, 9.17) is 4.74 Å². The van der Waals surface area contributed by atoms with E-state index in [1.807, 2.05) is 51.1 Å². The average Bonchev–Trinajstić information content (AvgIpc) is 3.14. The first-order valence-corrected chi connectivity index (χ1v) is 17.6. The minimum atomic E-state index is -0.949. The first kappa shape index (κ1) is 37.4. The van der Waals surface area contributed by atoms with Crippen LogP contribution in [0, 0.1) is 17.0 Å². The molecule has 0 bridgehead atoms. The summed E-state index contributed by atoms with van der Waals surface area (Å²) in [6.07, 6.45) is 1.97. The molecule has 1 N–H and O–H groups in total. The number of piperidine rings is 1. The largest absolute Gasteiger partial charge is 0.460 e. The molecule has 1 atom stereocenters. The molecule has 51 heavy (non-hydrogen) atoms. The Morgan fingerprint density at radius 1 is 0.824 bits per heavy atom. The van der Waals surface area contributed by atoms with Crippen LogP contribution >= 0.6 is 0 Å². The molecular weight excluding hydrogens is 648 g/mol. The molecule has 1 unspecified atom stereocenters. The van der Waals surface area contributed by atoms with Crippen molar-refractivity contribution in [2.24, 2.45) is 5.41 Å². The summed E-state index contributed by atoms with van der Waals surface area (Å²) in [5.41, 5.74) is 1.49. The van der Waals surface area contributed by atoms with Gasteiger partial charge in [0.1, 0.15) is 6.61 Å². The highest BCUT2D eigenvalue weighted by Gasteiger charge is 2.39. The molecule has 1 aliphatic heterocycles. The zero-order valence-corrected chi connectivity index (χ0v) is 29.6. The lowest BCUT2D eigenvalue weighted by atomic mass is 9.79. The van der Waals surface area contributed by atoms with Crippen LogP contribution in [0.15, 0.2) is 109 Å². The van der Waals surface area contributed by atoms with Crippen molar-refractivity contribution in [3.05, 3.63) is 143 Å². The van der Waals surface area contributed by atoms with Crippen molar-refractivity contribution in [1.82, 2.24) is 15.1 Å². The maximum absolute atomic E-state index is 14.6. The van der Waals surface area contributed by atoms with Crippen molar-refractivity contribution < 1.29 is 27.9 Å². The van der Waals surface area contributed by atoms with Gasteiger partial charge in [-0.3, -0.25) is 9.59 Å². The second-order valence-electron chi connectivity index (χ2n) is 14.3. The molecule has 1 aliphatic rings. The predicted octanol–water partition coefficient (Wildman–Crippen LogP) is 7.59. The van der Waals surface area contributed by atoms with Crippen molar-refractivity contribution in [1.29, 1.82) is 0 Å². The van der Waals surface area contributed by atoms with Crippen molar-refractivity contribution in [2.75, 3.05) is 39.3 Å². The highest BCUT2D eigenvalue weighted by atomic mass is 19.2. The Hall–Kier alpha value is -4.89. The summed E-state index contributed by atoms with van der Waals surface area (Å²) in [6, 6.07) is 31.5. The quantitative estimate of drug-likeness (QED) is 0.146. The molecule has 4 aromatic rings. The van der Waals surface area contributed by atoms with E-state index >= 15 is 0 Å². The van der Waals surface area contributed by atoms with Crippen LogP contribution in [0.1, 0.15) is 77.8 Å². The minimum Gasteiger partial charge on any atom is -0.460 e. The number of halogens is 2. The molecule has 0 aliphatic carbocycles. The van der Waals surface area contributed by atoms with E-state index in [0.717, 1.165) is 11.6 Å². The number of hydrogen-bond acceptors (Lipinski definition) is 5. The van der Waals surface area contributed by atoms with E-state index in [0.29, 0.717) is 55.6 Å². The minimum absolute atomic E-state index is 0.00386. The monoisotopic (exact) mass is 695 g/mol. The zero-order chi connectivity index (χ0) is 36.4. The third kappa shape index (κ3) is 9.88. The predicted molar refractivity (Wildman–Crippen MR) is 194 cm³/mol. The van der Waals surface area contributed by atoms with Crippen LogP contribution in [0.3, 0.4) is 0 Å². The van der Waals surface area contributed by atoms with Crippen LogP contribution in [-0.2, 0) is 15.1 Å². The van der Waals surface area contributed by atoms with Gasteiger partial charge in [0.05, 0.1) is 17.6 Å². The lowest BCUT2D eigenvalue weighted by Gasteiger charge is -2.44. The van der Waals surface area contributed by atoms with E-state index in [2.05, 4.69) is 22.3 Å². The number of nitrogens with one attached hydrogen (secondary N) is 1. The molecule has 1 saturated heterocycles. The molecule has 0 spiro atoms. The van der Waals surface area contributed by atoms with Gasteiger partial charge in [0.25, 0.3) is 5.91 Å². The normalized spacial score (nSPS) is 15.1. The number of nitrogens with zero attached hydrogens (tertiary/aromatic N) is 2. The van der Waals surface area contributed by atoms with Crippen molar-refractivity contribution >= 4 is 17.8 Å². The molecule has 2 amide bonds. The number of benzene rings is 4. The lowest BCUT2D eigenvalue weighted by Crippen LogP contribution is -2.55. The fourth-order valence-electron chi connectivity index (χ4n) is 6.49. The fourth-order valence-corrected chi connectivity index (χ4v) is 6.49. The number of carbonyl (C=O) groups excluding carboxylic acids is 3. The fraction of sp³-hybridized carbons (Fsp3) is 0.357. The Kier molecular flexibility index (Phi) is 12.4. The van der Waals surface area contributed by atoms with Gasteiger partial charge in [0.15, 0.2) is 11.6 Å². The number of amides is 2. The Morgan fingerprint density at radius 2 is 1.41 bits per heavy atom. The van der Waals surface area contributed by atoms with Crippen molar-refractivity contribution in [3.63, 3.8) is 0 Å². The molecule has 0 aromatic heterocycles. The van der Waals surface area contributed by atoms with Gasteiger partial charge in [-0.1, -0.05) is 93.6 Å². The standard InChI is InChI=1S/C42H47F2N3O4/c1-41(2,3)40(50)45-42(35-17-11-6-12-18-35)22-25-46(26-23-42)24-21-34(33-19-20-36(43)37(44)29-33)30-47(38(48)31-13-7-4-8-14-31)27-28-51-39(49)32-15-9-5-10-16-32/h4-20,29,34H,21-28,30H2,1-3H3,(H,45,50). The highest BCUT2D eigenvalue weighted by molar-refractivity contribution is 5.94. The summed E-state index contributed by atoms with van der Waals surface area (Å²) in [6.45, 7) is 8.07. The molecule has 0 radical (unpaired) electrons. The van der Waals surface area contributed by atoms with Crippen LogP contribution in [0.4, 0.5) is 8.78 Å². The average molecular weight is 696 g/mol. The van der Waals surface area contributed by atoms with Crippen molar-refractivity contribution in [2.45, 2.75) is 51.5 Å². The Balaban J connectivity index is 1.33. The van der Waals surface area contributed by atoms with Crippen LogP contribution in [0.2, 0.25) is 0 Å². The van der Waals surface area contributed by atoms with Crippen LogP contribution in [-0.4, -0.2) is 66.9 Å². The summed E-state index contributed by atoms with van der Waals surface area (Å²) in [5, 5.41) is 3.38. The van der Waals surface area contributed by atoms with Gasteiger partial charge in [-0.25, -0.2) is 13.6 Å². The van der Waals surface area contributed by atoms with Gasteiger partial charge < -0.3 is 19.9 Å². The smallest absolute Gasteiger partial charge is 0.338 e. The van der Waals surface area contributed by atoms with Gasteiger partial charge in [-0.15, -0.1) is 0 Å². The van der Waals surface area contributed by atoms with E-state index in [-0.39, 0.29) is 37.4 Å². The number of esters is 1. The highest BCUT2D eigenvalue weighted by Crippen LogP contribution is 2.35. The molecule has 0 saturated carbocycles. The third-order valence-corrected chi connectivity index (χ3v) is 9.63. The second kappa shape index (κ2) is 16.9. The first-order valence-electron chi connectivity index (χ1n) is 17.6. The second-order valence-corrected chi connectivity index (χ2v) is 14.3. The van der Waals surface area contributed by atoms with Gasteiger partial charge in [0, 0.05) is 36.5 Å². The van der Waals surface area contributed by atoms with Gasteiger partial charge in [0.2, 0.25) is 5.91 Å². The molecule has 1 heterocycles. The van der Waals surface area contributed by atoms with Crippen LogP contribution in [0.25, 0.3) is 0 Å². The van der Waals surface area contributed by atoms with E-state index in [1.54, 1.807) is 59.5 Å². The van der Waals surface area contributed by atoms with Crippen molar-refractivity contribution in [3.8, 4) is 0 Å². The molecule has 268 valence electrons. The Morgan fingerprint density at radius 3 is 2.00 bits per heavy atom. The SMILES string of the molecule is CC(C)(C)C(=O)NC1(c2ccccc2)CCN(CCC(CN(CCOC(=O)c2ccccc2)C(=O)c2ccccc2)c2ccc(F)c(F)c2)CC1. The first-order chi connectivity index (χ1) is 24.4. The van der Waals surface area contributed by atoms with Crippen LogP contribution in [0.5, 0.6) is 0 Å². The number of carbonyl (C=O) groups is 3. The summed E-state index contributed by atoms with van der Waals surface area (Å²) in [7, 11) is 0. The molecule has 1 fully saturated rings. The third-order valence-electron chi connectivity index (χ3n) is 9.63. The van der Waals surface area contributed by atoms with E-state index in [9.17, 15) is 23.2 Å². The number of rotatable bonds is 13. The molecule has 5 rings (SSSR count). The summed E-state index contributed by atoms with van der Waals surface area (Å²) in [5.74, 6) is -2.98. The summed E-state index contributed by atoms with van der Waals surface area (Å²) < 4.78 is 34.3. The van der Waals surface area contributed by atoms with Gasteiger partial charge >= 0.3 is 5.97 Å². The number of likely N-dealkylation sites (tertiary alicyclic amines) is 1. The maximum atomic E-state index is 14.6. The van der Waals surface area contributed by atoms with Crippen LogP contribution < -0.4 is 5.32 Å². The zero-order valence-electron chi connectivity index (χ0n) is 29.6. The number of ether oxygens (including phenoxy) is 1. The number of hydrogen-bond donors (Lipinski definition) is 1. The molecule has 4 aromatic carbocycles. The Labute approximate surface area is 299 Å². The molecule has 7 nitrogen and oxygen atoms in total. The van der Waals surface area contributed by atoms with E-state index < -0.39 is 28.6 Å². The summed E-state index contributed by atoms with van der Waals surface area (Å²) in [4.78, 5) is 43.7. The maximum Gasteiger partial charge on any atom is 0.338 e. The molecule has 9 heteroatoms. The molecular formula is C42H47F2N3O4.